The molecule has 0 spiro atoms. The van der Waals surface area contributed by atoms with E-state index in [1.807, 2.05) is 0 Å². The summed E-state index contributed by atoms with van der Waals surface area (Å²) in [6, 6.07) is 17.8. The van der Waals surface area contributed by atoms with Gasteiger partial charge in [-0.1, -0.05) is 36.4 Å². The first kappa shape index (κ1) is 16.6. The summed E-state index contributed by atoms with van der Waals surface area (Å²) in [5.41, 5.74) is 11.4. The predicted molar refractivity (Wildman–Crippen MR) is 105 cm³/mol. The highest BCUT2D eigenvalue weighted by Crippen LogP contribution is 2.35. The second kappa shape index (κ2) is 7.59. The topological polar surface area (TPSA) is 32.5 Å². The van der Waals surface area contributed by atoms with Crippen molar-refractivity contribution in [2.45, 2.75) is 31.7 Å². The lowest BCUT2D eigenvalue weighted by atomic mass is 9.97. The van der Waals surface area contributed by atoms with Gasteiger partial charge in [-0.2, -0.15) is 0 Å². The zero-order valence-corrected chi connectivity index (χ0v) is 15.0. The van der Waals surface area contributed by atoms with E-state index in [9.17, 15) is 0 Å². The molecule has 132 valence electrons. The Hall–Kier alpha value is -1.84. The van der Waals surface area contributed by atoms with Crippen molar-refractivity contribution < 1.29 is 0 Å². The molecule has 0 radical (unpaired) electrons. The van der Waals surface area contributed by atoms with Gasteiger partial charge in [-0.25, -0.2) is 0 Å². The van der Waals surface area contributed by atoms with Crippen LogP contribution in [0.1, 0.15) is 35.4 Å². The van der Waals surface area contributed by atoms with Crippen molar-refractivity contribution in [3.8, 4) is 0 Å². The van der Waals surface area contributed by atoms with Crippen molar-refractivity contribution >= 4 is 5.69 Å². The molecular formula is C22H29N3. The fourth-order valence-corrected chi connectivity index (χ4v) is 4.36. The lowest BCUT2D eigenvalue weighted by Gasteiger charge is -2.36. The molecule has 1 aliphatic heterocycles. The molecule has 0 saturated carbocycles. The third kappa shape index (κ3) is 3.73. The summed E-state index contributed by atoms with van der Waals surface area (Å²) in [7, 11) is 0. The van der Waals surface area contributed by atoms with Crippen LogP contribution in [0.25, 0.3) is 0 Å². The minimum atomic E-state index is 0.623. The average Bonchev–Trinajstić information content (AvgIpc) is 3.10. The van der Waals surface area contributed by atoms with Crippen LogP contribution in [0.5, 0.6) is 0 Å². The monoisotopic (exact) mass is 335 g/mol. The molecule has 1 fully saturated rings. The normalized spacial score (nSPS) is 20.7. The highest BCUT2D eigenvalue weighted by atomic mass is 15.3. The van der Waals surface area contributed by atoms with Gasteiger partial charge in [0.15, 0.2) is 0 Å². The van der Waals surface area contributed by atoms with Gasteiger partial charge in [0, 0.05) is 38.4 Å². The summed E-state index contributed by atoms with van der Waals surface area (Å²) in [5.74, 6) is 0.776. The van der Waals surface area contributed by atoms with E-state index >= 15 is 0 Å². The predicted octanol–water partition coefficient (Wildman–Crippen LogP) is 3.39. The zero-order valence-electron chi connectivity index (χ0n) is 15.0. The molecule has 2 aromatic rings. The summed E-state index contributed by atoms with van der Waals surface area (Å²) in [6.07, 6.45) is 3.92. The maximum atomic E-state index is 5.69. The molecule has 2 N–H and O–H groups in total. The number of nitrogens with two attached hydrogens (primary N) is 1. The van der Waals surface area contributed by atoms with Gasteiger partial charge in [0.05, 0.1) is 0 Å². The molecule has 1 heterocycles. The van der Waals surface area contributed by atoms with E-state index in [-0.39, 0.29) is 0 Å². The molecule has 1 aliphatic carbocycles. The number of hydrogen-bond acceptors (Lipinski definition) is 3. The maximum absolute atomic E-state index is 5.69. The Labute approximate surface area is 151 Å². The van der Waals surface area contributed by atoms with E-state index in [1.54, 1.807) is 11.1 Å². The molecule has 25 heavy (non-hydrogen) atoms. The van der Waals surface area contributed by atoms with Gasteiger partial charge >= 0.3 is 0 Å². The number of fused-ring (bicyclic) bond motifs is 1. The molecule has 3 heteroatoms. The minimum absolute atomic E-state index is 0.623. The van der Waals surface area contributed by atoms with Crippen LogP contribution in [0.3, 0.4) is 0 Å². The highest BCUT2D eigenvalue weighted by molar-refractivity contribution is 5.48. The Morgan fingerprint density at radius 2 is 1.68 bits per heavy atom. The van der Waals surface area contributed by atoms with E-state index in [4.69, 9.17) is 5.73 Å². The van der Waals surface area contributed by atoms with E-state index in [0.717, 1.165) is 19.0 Å². The SMILES string of the molecule is NCc1ccc(N2CCN(CCC3CCc4ccccc43)CC2)cc1. The lowest BCUT2D eigenvalue weighted by Crippen LogP contribution is -2.46. The van der Waals surface area contributed by atoms with Crippen LogP contribution in [0, 0.1) is 0 Å². The van der Waals surface area contributed by atoms with Crippen LogP contribution in [0.15, 0.2) is 48.5 Å². The maximum Gasteiger partial charge on any atom is 0.0367 e. The molecule has 1 atom stereocenters. The first-order valence-electron chi connectivity index (χ1n) is 9.67. The molecule has 1 unspecified atom stereocenters. The molecule has 0 bridgehead atoms. The minimum Gasteiger partial charge on any atom is -0.369 e. The largest absolute Gasteiger partial charge is 0.369 e. The number of aryl methyl sites for hydroxylation is 1. The van der Waals surface area contributed by atoms with Gasteiger partial charge in [-0.05, 0) is 60.5 Å². The Morgan fingerprint density at radius 3 is 2.44 bits per heavy atom. The van der Waals surface area contributed by atoms with Crippen molar-refractivity contribution in [2.75, 3.05) is 37.6 Å². The molecule has 2 aliphatic rings. The van der Waals surface area contributed by atoms with E-state index < -0.39 is 0 Å². The fraction of sp³-hybridized carbons (Fsp3) is 0.455. The van der Waals surface area contributed by atoms with Crippen LogP contribution in [-0.2, 0) is 13.0 Å². The van der Waals surface area contributed by atoms with Crippen LogP contribution in [0.4, 0.5) is 5.69 Å². The van der Waals surface area contributed by atoms with Crippen molar-refractivity contribution in [3.63, 3.8) is 0 Å². The second-order valence-electron chi connectivity index (χ2n) is 7.42. The standard InChI is InChI=1S/C22H29N3/c23-17-18-5-9-21(10-6-18)25-15-13-24(14-16-25)12-11-20-8-7-19-3-1-2-4-22(19)20/h1-6,9-10,20H,7-8,11-17,23H2. The first-order chi connectivity index (χ1) is 12.3. The number of piperazine rings is 1. The van der Waals surface area contributed by atoms with E-state index in [0.29, 0.717) is 6.54 Å². The summed E-state index contributed by atoms with van der Waals surface area (Å²) in [6.45, 7) is 6.46. The van der Waals surface area contributed by atoms with Crippen LogP contribution < -0.4 is 10.6 Å². The Kier molecular flexibility index (Phi) is 5.04. The molecular weight excluding hydrogens is 306 g/mol. The molecule has 2 aromatic carbocycles. The first-order valence-corrected chi connectivity index (χ1v) is 9.67. The molecule has 1 saturated heterocycles. The van der Waals surface area contributed by atoms with Gasteiger partial charge in [0.25, 0.3) is 0 Å². The number of benzene rings is 2. The van der Waals surface area contributed by atoms with Crippen molar-refractivity contribution in [1.82, 2.24) is 4.90 Å². The van der Waals surface area contributed by atoms with E-state index in [1.165, 1.54) is 50.1 Å². The summed E-state index contributed by atoms with van der Waals surface area (Å²) in [5, 5.41) is 0. The number of nitrogens with zero attached hydrogens (tertiary/aromatic N) is 2. The van der Waals surface area contributed by atoms with E-state index in [2.05, 4.69) is 58.3 Å². The van der Waals surface area contributed by atoms with Gasteiger partial charge in [0.1, 0.15) is 0 Å². The smallest absolute Gasteiger partial charge is 0.0367 e. The third-order valence-electron chi connectivity index (χ3n) is 5.96. The zero-order chi connectivity index (χ0) is 17.1. The number of hydrogen-bond donors (Lipinski definition) is 1. The van der Waals surface area contributed by atoms with Crippen molar-refractivity contribution in [2.24, 2.45) is 5.73 Å². The Bertz CT molecular complexity index is 687. The summed E-state index contributed by atoms with van der Waals surface area (Å²) < 4.78 is 0. The van der Waals surface area contributed by atoms with Crippen molar-refractivity contribution in [1.29, 1.82) is 0 Å². The van der Waals surface area contributed by atoms with Gasteiger partial charge in [-0.3, -0.25) is 4.90 Å². The Balaban J connectivity index is 1.26. The molecule has 3 nitrogen and oxygen atoms in total. The number of rotatable bonds is 5. The second-order valence-corrected chi connectivity index (χ2v) is 7.42. The van der Waals surface area contributed by atoms with Gasteiger partial charge < -0.3 is 10.6 Å². The summed E-state index contributed by atoms with van der Waals surface area (Å²) in [4.78, 5) is 5.15. The van der Waals surface area contributed by atoms with Gasteiger partial charge in [-0.15, -0.1) is 0 Å². The molecule has 0 amide bonds. The highest BCUT2D eigenvalue weighted by Gasteiger charge is 2.23. The molecule has 4 rings (SSSR count). The van der Waals surface area contributed by atoms with Crippen LogP contribution >= 0.6 is 0 Å². The lowest BCUT2D eigenvalue weighted by molar-refractivity contribution is 0.248. The quantitative estimate of drug-likeness (QED) is 0.909. The third-order valence-corrected chi connectivity index (χ3v) is 5.96. The van der Waals surface area contributed by atoms with Crippen LogP contribution in [-0.4, -0.2) is 37.6 Å². The fourth-order valence-electron chi connectivity index (χ4n) is 4.36. The van der Waals surface area contributed by atoms with Crippen LogP contribution in [0.2, 0.25) is 0 Å². The summed E-state index contributed by atoms with van der Waals surface area (Å²) >= 11 is 0. The average molecular weight is 335 g/mol. The molecule has 0 aromatic heterocycles. The Morgan fingerprint density at radius 1 is 0.920 bits per heavy atom. The van der Waals surface area contributed by atoms with Crippen molar-refractivity contribution in [3.05, 3.63) is 65.2 Å². The number of anilines is 1. The van der Waals surface area contributed by atoms with Gasteiger partial charge in [0.2, 0.25) is 0 Å².